The third-order valence-corrected chi connectivity index (χ3v) is 3.19. The number of esters is 1. The van der Waals surface area contributed by atoms with Gasteiger partial charge in [0.2, 0.25) is 0 Å². The molecule has 6 heteroatoms. The lowest BCUT2D eigenvalue weighted by molar-refractivity contribution is -0.168. The summed E-state index contributed by atoms with van der Waals surface area (Å²) in [7, 11) is 0. The maximum absolute atomic E-state index is 12.0. The summed E-state index contributed by atoms with van der Waals surface area (Å²) < 4.78 is 4.98. The van der Waals surface area contributed by atoms with Gasteiger partial charge >= 0.3 is 17.9 Å². The molecule has 1 aromatic rings. The van der Waals surface area contributed by atoms with Crippen molar-refractivity contribution in [3.8, 4) is 0 Å². The quantitative estimate of drug-likeness (QED) is 0.564. The molecule has 0 amide bonds. The normalized spacial score (nSPS) is 13.4. The average Bonchev–Trinajstić information content (AvgIpc) is 2.44. The summed E-state index contributed by atoms with van der Waals surface area (Å²) in [6.07, 6.45) is 0.0900. The Kier molecular flexibility index (Phi) is 6.56. The predicted molar refractivity (Wildman–Crippen MR) is 77.9 cm³/mol. The molecule has 0 radical (unpaired) electrons. The summed E-state index contributed by atoms with van der Waals surface area (Å²) in [5.41, 5.74) is 0.704. The fourth-order valence-electron chi connectivity index (χ4n) is 2.14. The van der Waals surface area contributed by atoms with E-state index in [1.165, 1.54) is 0 Å². The number of carboxylic acid groups (broad SMARTS) is 2. The molecule has 0 spiro atoms. The highest BCUT2D eigenvalue weighted by molar-refractivity contribution is 5.98. The Morgan fingerprint density at radius 3 is 2.09 bits per heavy atom. The van der Waals surface area contributed by atoms with Gasteiger partial charge in [-0.15, -0.1) is 0 Å². The highest BCUT2D eigenvalue weighted by atomic mass is 16.5. The molecule has 1 rings (SSSR count). The summed E-state index contributed by atoms with van der Waals surface area (Å²) in [6.45, 7) is 3.45. The van der Waals surface area contributed by atoms with Crippen LogP contribution in [0.3, 0.4) is 0 Å². The van der Waals surface area contributed by atoms with Crippen LogP contribution < -0.4 is 0 Å². The molecule has 0 saturated heterocycles. The first-order valence-electron chi connectivity index (χ1n) is 6.99. The van der Waals surface area contributed by atoms with E-state index in [2.05, 4.69) is 0 Å². The van der Waals surface area contributed by atoms with Gasteiger partial charge in [0, 0.05) is 0 Å². The Hall–Kier alpha value is -2.37. The number of ether oxygens (including phenoxy) is 1. The smallest absolute Gasteiger partial charge is 0.321 e. The van der Waals surface area contributed by atoms with Crippen LogP contribution in [0.25, 0.3) is 0 Å². The fraction of sp³-hybridized carbons (Fsp3) is 0.438. The molecule has 0 saturated carbocycles. The molecule has 0 aliphatic carbocycles. The molecule has 0 aliphatic rings. The van der Waals surface area contributed by atoms with E-state index in [9.17, 15) is 24.6 Å². The largest absolute Gasteiger partial charge is 0.481 e. The van der Waals surface area contributed by atoms with Gasteiger partial charge in [0.15, 0.2) is 5.92 Å². The molecule has 22 heavy (non-hydrogen) atoms. The Labute approximate surface area is 128 Å². The molecule has 2 atom stereocenters. The van der Waals surface area contributed by atoms with Crippen molar-refractivity contribution in [2.75, 3.05) is 0 Å². The average molecular weight is 308 g/mol. The highest BCUT2D eigenvalue weighted by Crippen LogP contribution is 2.23. The van der Waals surface area contributed by atoms with E-state index in [1.807, 2.05) is 0 Å². The number of aliphatic carboxylic acids is 2. The molecular weight excluding hydrogens is 288 g/mol. The van der Waals surface area contributed by atoms with Crippen LogP contribution in [0.4, 0.5) is 0 Å². The van der Waals surface area contributed by atoms with Crippen molar-refractivity contribution in [1.29, 1.82) is 0 Å². The maximum Gasteiger partial charge on any atom is 0.321 e. The Bertz CT molecular complexity index is 523. The van der Waals surface area contributed by atoms with Gasteiger partial charge in [-0.3, -0.25) is 14.4 Å². The van der Waals surface area contributed by atoms with Gasteiger partial charge in [-0.25, -0.2) is 0 Å². The van der Waals surface area contributed by atoms with Crippen molar-refractivity contribution < 1.29 is 29.3 Å². The lowest BCUT2D eigenvalue weighted by atomic mass is 9.85. The van der Waals surface area contributed by atoms with E-state index in [0.717, 1.165) is 0 Å². The minimum atomic E-state index is -1.70. The van der Waals surface area contributed by atoms with Crippen LogP contribution >= 0.6 is 0 Å². The standard InChI is InChI=1S/C16H20O6/c1-10(2)8-12(14(17)18)13(15(19)20)16(21)22-9-11-6-4-3-5-7-11/h3-7,10,12-13H,8-9H2,1-2H3,(H,17,18)(H,19,20). The van der Waals surface area contributed by atoms with Gasteiger partial charge in [0.1, 0.15) is 6.61 Å². The zero-order valence-electron chi connectivity index (χ0n) is 12.6. The second kappa shape index (κ2) is 8.17. The number of carbonyl (C=O) groups is 3. The second-order valence-corrected chi connectivity index (χ2v) is 5.48. The Morgan fingerprint density at radius 1 is 1.05 bits per heavy atom. The van der Waals surface area contributed by atoms with Crippen molar-refractivity contribution in [2.45, 2.75) is 26.9 Å². The van der Waals surface area contributed by atoms with Gasteiger partial charge in [0.05, 0.1) is 5.92 Å². The van der Waals surface area contributed by atoms with Crippen LogP contribution in [-0.4, -0.2) is 28.1 Å². The second-order valence-electron chi connectivity index (χ2n) is 5.48. The summed E-state index contributed by atoms with van der Waals surface area (Å²) in [4.78, 5) is 34.6. The van der Waals surface area contributed by atoms with Crippen molar-refractivity contribution in [2.24, 2.45) is 17.8 Å². The van der Waals surface area contributed by atoms with E-state index < -0.39 is 29.7 Å². The van der Waals surface area contributed by atoms with Gasteiger partial charge in [-0.1, -0.05) is 44.2 Å². The van der Waals surface area contributed by atoms with Crippen LogP contribution in [0.1, 0.15) is 25.8 Å². The third kappa shape index (κ3) is 5.20. The topological polar surface area (TPSA) is 101 Å². The maximum atomic E-state index is 12.0. The first-order valence-corrected chi connectivity index (χ1v) is 6.99. The van der Waals surface area contributed by atoms with Crippen LogP contribution in [-0.2, 0) is 25.7 Å². The van der Waals surface area contributed by atoms with Crippen LogP contribution in [0, 0.1) is 17.8 Å². The molecule has 0 aliphatic heterocycles. The highest BCUT2D eigenvalue weighted by Gasteiger charge is 2.41. The molecule has 6 nitrogen and oxygen atoms in total. The molecule has 0 fully saturated rings. The number of hydrogen-bond donors (Lipinski definition) is 2. The van der Waals surface area contributed by atoms with E-state index in [4.69, 9.17) is 4.74 Å². The number of hydrogen-bond acceptors (Lipinski definition) is 4. The number of benzene rings is 1. The van der Waals surface area contributed by atoms with E-state index in [0.29, 0.717) is 5.56 Å². The van der Waals surface area contributed by atoms with Crippen LogP contribution in [0.15, 0.2) is 30.3 Å². The summed E-state index contributed by atoms with van der Waals surface area (Å²) in [5.74, 6) is -6.87. The lowest BCUT2D eigenvalue weighted by Crippen LogP contribution is -2.37. The van der Waals surface area contributed by atoms with Crippen molar-refractivity contribution in [1.82, 2.24) is 0 Å². The van der Waals surface area contributed by atoms with E-state index in [1.54, 1.807) is 44.2 Å². The fourth-order valence-corrected chi connectivity index (χ4v) is 2.14. The van der Waals surface area contributed by atoms with E-state index >= 15 is 0 Å². The Balaban J connectivity index is 2.82. The predicted octanol–water partition coefficient (Wildman–Crippen LogP) is 2.18. The van der Waals surface area contributed by atoms with Gasteiger partial charge in [-0.2, -0.15) is 0 Å². The molecule has 2 N–H and O–H groups in total. The zero-order chi connectivity index (χ0) is 16.7. The molecule has 1 aromatic carbocycles. The summed E-state index contributed by atoms with van der Waals surface area (Å²) in [6, 6.07) is 8.78. The Morgan fingerprint density at radius 2 is 1.64 bits per heavy atom. The number of carboxylic acids is 2. The molecule has 0 heterocycles. The van der Waals surface area contributed by atoms with Crippen molar-refractivity contribution >= 4 is 17.9 Å². The van der Waals surface area contributed by atoms with E-state index in [-0.39, 0.29) is 18.9 Å². The lowest BCUT2D eigenvalue weighted by Gasteiger charge is -2.20. The minimum Gasteiger partial charge on any atom is -0.481 e. The first-order chi connectivity index (χ1) is 10.3. The molecule has 120 valence electrons. The van der Waals surface area contributed by atoms with Crippen molar-refractivity contribution in [3.63, 3.8) is 0 Å². The van der Waals surface area contributed by atoms with Crippen molar-refractivity contribution in [3.05, 3.63) is 35.9 Å². The summed E-state index contributed by atoms with van der Waals surface area (Å²) >= 11 is 0. The molecule has 0 aromatic heterocycles. The number of carbonyl (C=O) groups excluding carboxylic acids is 1. The molecular formula is C16H20O6. The van der Waals surface area contributed by atoms with Gasteiger partial charge < -0.3 is 14.9 Å². The molecule has 0 bridgehead atoms. The SMILES string of the molecule is CC(C)CC(C(=O)O)C(C(=O)O)C(=O)OCc1ccccc1. The summed E-state index contributed by atoms with van der Waals surface area (Å²) in [5, 5.41) is 18.4. The zero-order valence-corrected chi connectivity index (χ0v) is 12.6. The molecule has 2 unspecified atom stereocenters. The monoisotopic (exact) mass is 308 g/mol. The first kappa shape index (κ1) is 17.7. The van der Waals surface area contributed by atoms with Crippen LogP contribution in [0.2, 0.25) is 0 Å². The van der Waals surface area contributed by atoms with Crippen LogP contribution in [0.5, 0.6) is 0 Å². The number of rotatable bonds is 8. The van der Waals surface area contributed by atoms with Gasteiger partial charge in [-0.05, 0) is 17.9 Å². The minimum absolute atomic E-state index is 0.0510. The third-order valence-electron chi connectivity index (χ3n) is 3.19. The van der Waals surface area contributed by atoms with Gasteiger partial charge in [0.25, 0.3) is 0 Å².